The van der Waals surface area contributed by atoms with Gasteiger partial charge in [-0.05, 0) is 56.1 Å². The summed E-state index contributed by atoms with van der Waals surface area (Å²) in [5.74, 6) is 0.00669. The number of carbonyl (C=O) groups excluding carboxylic acids is 1. The van der Waals surface area contributed by atoms with Gasteiger partial charge in [0.15, 0.2) is 0 Å². The molecule has 8 heteroatoms. The maximum atomic E-state index is 13.5. The minimum Gasteiger partial charge on any atom is -0.347 e. The zero-order chi connectivity index (χ0) is 22.8. The van der Waals surface area contributed by atoms with Crippen LogP contribution >= 0.6 is 0 Å². The van der Waals surface area contributed by atoms with Gasteiger partial charge in [0, 0.05) is 24.8 Å². The van der Waals surface area contributed by atoms with E-state index in [2.05, 4.69) is 32.4 Å². The lowest BCUT2D eigenvalue weighted by atomic mass is 9.93. The van der Waals surface area contributed by atoms with E-state index in [1.54, 1.807) is 18.2 Å². The second-order valence-electron chi connectivity index (χ2n) is 9.01. The number of likely N-dealkylation sites (N-methyl/N-ethyl adjacent to an activating group) is 1. The highest BCUT2D eigenvalue weighted by Crippen LogP contribution is 2.49. The van der Waals surface area contributed by atoms with Crippen LogP contribution in [0.15, 0.2) is 54.6 Å². The average Bonchev–Trinajstić information content (AvgIpc) is 3.46. The summed E-state index contributed by atoms with van der Waals surface area (Å²) in [6, 6.07) is 17.7. The minimum atomic E-state index is -3.38. The van der Waals surface area contributed by atoms with Crippen LogP contribution in [-0.2, 0) is 20.2 Å². The van der Waals surface area contributed by atoms with E-state index in [-0.39, 0.29) is 11.9 Å². The lowest BCUT2D eigenvalue weighted by Crippen LogP contribution is -2.42. The number of amides is 1. The van der Waals surface area contributed by atoms with Crippen LogP contribution < -0.4 is 15.4 Å². The summed E-state index contributed by atoms with van der Waals surface area (Å²) in [6.45, 7) is 2.74. The van der Waals surface area contributed by atoms with Crippen molar-refractivity contribution in [3.05, 3.63) is 65.7 Å². The van der Waals surface area contributed by atoms with Crippen LogP contribution in [0.2, 0.25) is 0 Å². The molecule has 1 amide bonds. The van der Waals surface area contributed by atoms with Crippen LogP contribution in [0.5, 0.6) is 0 Å². The molecule has 0 unspecified atom stereocenters. The van der Waals surface area contributed by atoms with Crippen molar-refractivity contribution in [3.8, 4) is 0 Å². The Morgan fingerprint density at radius 3 is 2.53 bits per heavy atom. The maximum absolute atomic E-state index is 13.5. The van der Waals surface area contributed by atoms with Crippen LogP contribution in [0, 0.1) is 0 Å². The molecule has 1 aliphatic heterocycles. The van der Waals surface area contributed by atoms with Crippen molar-refractivity contribution < 1.29 is 13.2 Å². The van der Waals surface area contributed by atoms with Gasteiger partial charge >= 0.3 is 0 Å². The van der Waals surface area contributed by atoms with Gasteiger partial charge in [0.25, 0.3) is 0 Å². The Labute approximate surface area is 190 Å². The van der Waals surface area contributed by atoms with Gasteiger partial charge in [-0.3, -0.25) is 14.4 Å². The van der Waals surface area contributed by atoms with Gasteiger partial charge in [-0.25, -0.2) is 8.42 Å². The third-order valence-corrected chi connectivity index (χ3v) is 7.14. The molecule has 0 bridgehead atoms. The molecule has 3 N–H and O–H groups in total. The highest BCUT2D eigenvalue weighted by atomic mass is 32.2. The fourth-order valence-corrected chi connectivity index (χ4v) is 5.13. The van der Waals surface area contributed by atoms with E-state index in [0.29, 0.717) is 11.7 Å². The largest absolute Gasteiger partial charge is 0.347 e. The summed E-state index contributed by atoms with van der Waals surface area (Å²) in [5, 5.41) is 6.67. The molecule has 1 aliphatic carbocycles. The van der Waals surface area contributed by atoms with Gasteiger partial charge in [-0.2, -0.15) is 0 Å². The van der Waals surface area contributed by atoms with Gasteiger partial charge in [0.05, 0.1) is 17.7 Å². The Kier molecular flexibility index (Phi) is 6.55. The average molecular weight is 457 g/mol. The molecule has 2 fully saturated rings. The van der Waals surface area contributed by atoms with Crippen LogP contribution in [-0.4, -0.2) is 58.2 Å². The molecule has 4 rings (SSSR count). The Morgan fingerprint density at radius 1 is 1.16 bits per heavy atom. The second kappa shape index (κ2) is 9.21. The van der Waals surface area contributed by atoms with E-state index in [1.807, 2.05) is 31.3 Å². The summed E-state index contributed by atoms with van der Waals surface area (Å²) >= 11 is 0. The van der Waals surface area contributed by atoms with Gasteiger partial charge < -0.3 is 10.6 Å². The number of sulfonamides is 1. The Balaban J connectivity index is 1.52. The molecule has 1 heterocycles. The lowest BCUT2D eigenvalue weighted by molar-refractivity contribution is -0.124. The van der Waals surface area contributed by atoms with Gasteiger partial charge in [0.2, 0.25) is 15.9 Å². The number of benzene rings is 2. The number of nitrogens with zero attached hydrogens (tertiary/aromatic N) is 1. The summed E-state index contributed by atoms with van der Waals surface area (Å²) in [6.07, 6.45) is 3.75. The molecule has 0 aromatic heterocycles. The van der Waals surface area contributed by atoms with E-state index < -0.39 is 15.4 Å². The standard InChI is InChI=1S/C24H32N4O3S/c1-25-21-11-14-28(16-21)17-22(18-7-4-3-5-8-18)26-23(29)24(12-13-24)19-9-6-10-20(15-19)27-32(2,30)31/h3-10,15,21-22,25,27H,11-14,16-17H2,1-2H3,(H,26,29)/t21-,22+/m0/s1. The van der Waals surface area contributed by atoms with Crippen LogP contribution in [0.4, 0.5) is 5.69 Å². The predicted molar refractivity (Wildman–Crippen MR) is 127 cm³/mol. The molecule has 2 aromatic rings. The smallest absolute Gasteiger partial charge is 0.231 e. The molecule has 2 aliphatic rings. The molecule has 172 valence electrons. The summed E-state index contributed by atoms with van der Waals surface area (Å²) in [5.41, 5.74) is 1.84. The molecule has 2 atom stereocenters. The van der Waals surface area contributed by atoms with Crippen LogP contribution in [0.25, 0.3) is 0 Å². The van der Waals surface area contributed by atoms with Gasteiger partial charge in [-0.15, -0.1) is 0 Å². The molecular formula is C24H32N4O3S. The first kappa shape index (κ1) is 22.8. The zero-order valence-electron chi connectivity index (χ0n) is 18.7. The fourth-order valence-electron chi connectivity index (χ4n) is 4.57. The molecule has 1 saturated heterocycles. The molecule has 0 radical (unpaired) electrons. The van der Waals surface area contributed by atoms with E-state index in [4.69, 9.17) is 0 Å². The van der Waals surface area contributed by atoms with Crippen molar-refractivity contribution >= 4 is 21.6 Å². The molecule has 0 spiro atoms. The van der Waals surface area contributed by atoms with Crippen molar-refractivity contribution in [1.82, 2.24) is 15.5 Å². The summed E-state index contributed by atoms with van der Waals surface area (Å²) in [4.78, 5) is 15.9. The molecule has 32 heavy (non-hydrogen) atoms. The van der Waals surface area contributed by atoms with Crippen LogP contribution in [0.3, 0.4) is 0 Å². The first-order chi connectivity index (χ1) is 15.3. The minimum absolute atomic E-state index is 0.00669. The third-order valence-electron chi connectivity index (χ3n) is 6.53. The van der Waals surface area contributed by atoms with Crippen molar-refractivity contribution in [2.45, 2.75) is 36.8 Å². The number of nitrogens with one attached hydrogen (secondary N) is 3. The normalized spacial score (nSPS) is 21.1. The highest BCUT2D eigenvalue weighted by Gasteiger charge is 2.51. The third kappa shape index (κ3) is 5.31. The van der Waals surface area contributed by atoms with Gasteiger partial charge in [-0.1, -0.05) is 42.5 Å². The van der Waals surface area contributed by atoms with E-state index in [0.717, 1.165) is 56.3 Å². The molecule has 1 saturated carbocycles. The quantitative estimate of drug-likeness (QED) is 0.538. The second-order valence-corrected chi connectivity index (χ2v) is 10.8. The van der Waals surface area contributed by atoms with Crippen molar-refractivity contribution in [2.24, 2.45) is 0 Å². The number of likely N-dealkylation sites (tertiary alicyclic amines) is 1. The number of rotatable bonds is 9. The summed E-state index contributed by atoms with van der Waals surface area (Å²) < 4.78 is 25.8. The molecule has 7 nitrogen and oxygen atoms in total. The number of hydrogen-bond donors (Lipinski definition) is 3. The summed E-state index contributed by atoms with van der Waals surface area (Å²) in [7, 11) is -1.38. The fraction of sp³-hybridized carbons (Fsp3) is 0.458. The van der Waals surface area contributed by atoms with E-state index >= 15 is 0 Å². The Morgan fingerprint density at radius 2 is 1.91 bits per heavy atom. The lowest BCUT2D eigenvalue weighted by Gasteiger charge is -2.27. The topological polar surface area (TPSA) is 90.5 Å². The monoisotopic (exact) mass is 456 g/mol. The Bertz CT molecular complexity index is 1050. The van der Waals surface area contributed by atoms with Crippen molar-refractivity contribution in [1.29, 1.82) is 0 Å². The number of anilines is 1. The van der Waals surface area contributed by atoms with Crippen molar-refractivity contribution in [3.63, 3.8) is 0 Å². The number of carbonyl (C=O) groups is 1. The maximum Gasteiger partial charge on any atom is 0.231 e. The molecule has 2 aromatic carbocycles. The van der Waals surface area contributed by atoms with E-state index in [9.17, 15) is 13.2 Å². The zero-order valence-corrected chi connectivity index (χ0v) is 19.5. The number of hydrogen-bond acceptors (Lipinski definition) is 5. The van der Waals surface area contributed by atoms with Crippen molar-refractivity contribution in [2.75, 3.05) is 37.7 Å². The highest BCUT2D eigenvalue weighted by molar-refractivity contribution is 7.92. The first-order valence-electron chi connectivity index (χ1n) is 11.1. The van der Waals surface area contributed by atoms with Crippen LogP contribution in [0.1, 0.15) is 36.4 Å². The first-order valence-corrected chi connectivity index (χ1v) is 13.0. The Hall–Kier alpha value is -2.42. The SMILES string of the molecule is CN[C@H]1CCN(C[C@@H](NC(=O)C2(c3cccc(NS(C)(=O)=O)c3)CC2)c2ccccc2)C1. The van der Waals surface area contributed by atoms with E-state index in [1.165, 1.54) is 0 Å². The van der Waals surface area contributed by atoms with Gasteiger partial charge in [0.1, 0.15) is 0 Å². The predicted octanol–water partition coefficient (Wildman–Crippen LogP) is 2.24. The molecular weight excluding hydrogens is 424 g/mol.